The molecule has 2 aromatic carbocycles. The van der Waals surface area contributed by atoms with Crippen LogP contribution in [0, 0.1) is 12.7 Å². The van der Waals surface area contributed by atoms with Gasteiger partial charge < -0.3 is 10.5 Å². The summed E-state index contributed by atoms with van der Waals surface area (Å²) in [5.41, 5.74) is 7.83. The third-order valence-electron chi connectivity index (χ3n) is 2.63. The number of aryl methyl sites for hydroxylation is 1. The molecular formula is C14H13BrFNO. The van der Waals surface area contributed by atoms with Crippen molar-refractivity contribution in [3.05, 3.63) is 57.8 Å². The Bertz CT molecular complexity index is 554. The van der Waals surface area contributed by atoms with Crippen molar-refractivity contribution >= 4 is 21.6 Å². The summed E-state index contributed by atoms with van der Waals surface area (Å²) in [5, 5.41) is 0. The summed E-state index contributed by atoms with van der Waals surface area (Å²) in [4.78, 5) is 0. The van der Waals surface area contributed by atoms with Crippen LogP contribution in [-0.4, -0.2) is 0 Å². The Labute approximate surface area is 114 Å². The van der Waals surface area contributed by atoms with E-state index in [0.717, 1.165) is 15.6 Å². The second kappa shape index (κ2) is 5.40. The van der Waals surface area contributed by atoms with Crippen molar-refractivity contribution in [2.75, 3.05) is 5.73 Å². The Morgan fingerprint density at radius 3 is 2.56 bits per heavy atom. The zero-order chi connectivity index (χ0) is 13.1. The molecule has 2 nitrogen and oxygen atoms in total. The van der Waals surface area contributed by atoms with Crippen LogP contribution in [0.1, 0.15) is 11.1 Å². The number of ether oxygens (including phenoxy) is 1. The summed E-state index contributed by atoms with van der Waals surface area (Å²) in [6.07, 6.45) is 0. The zero-order valence-corrected chi connectivity index (χ0v) is 11.5. The predicted octanol–water partition coefficient (Wildman–Crippen LogP) is 4.06. The maximum atomic E-state index is 13.6. The lowest BCUT2D eigenvalue weighted by atomic mass is 10.2. The largest absolute Gasteiger partial charge is 0.486 e. The van der Waals surface area contributed by atoms with Gasteiger partial charge in [0.05, 0.1) is 0 Å². The zero-order valence-electron chi connectivity index (χ0n) is 9.91. The summed E-state index contributed by atoms with van der Waals surface area (Å²) < 4.78 is 20.0. The molecule has 18 heavy (non-hydrogen) atoms. The van der Waals surface area contributed by atoms with E-state index in [-0.39, 0.29) is 5.75 Å². The minimum Gasteiger partial charge on any atom is -0.486 e. The SMILES string of the molecule is Cc1cc(OCc2ccc(Br)cc2)c(F)cc1N. The number of hydrogen-bond donors (Lipinski definition) is 1. The van der Waals surface area contributed by atoms with Crippen LogP contribution < -0.4 is 10.5 Å². The lowest BCUT2D eigenvalue weighted by molar-refractivity contribution is 0.290. The first-order valence-corrected chi connectivity index (χ1v) is 6.28. The summed E-state index contributed by atoms with van der Waals surface area (Å²) in [6, 6.07) is 10.6. The van der Waals surface area contributed by atoms with Crippen molar-refractivity contribution in [1.29, 1.82) is 0 Å². The molecule has 2 N–H and O–H groups in total. The number of anilines is 1. The molecule has 0 spiro atoms. The van der Waals surface area contributed by atoms with E-state index in [0.29, 0.717) is 12.3 Å². The van der Waals surface area contributed by atoms with E-state index in [1.165, 1.54) is 6.07 Å². The molecule has 0 aliphatic heterocycles. The van der Waals surface area contributed by atoms with Crippen LogP contribution in [0.4, 0.5) is 10.1 Å². The molecule has 0 saturated heterocycles. The number of nitrogen functional groups attached to an aromatic ring is 1. The van der Waals surface area contributed by atoms with Crippen LogP contribution in [0.5, 0.6) is 5.75 Å². The van der Waals surface area contributed by atoms with Gasteiger partial charge in [0.25, 0.3) is 0 Å². The van der Waals surface area contributed by atoms with Gasteiger partial charge in [0, 0.05) is 16.2 Å². The van der Waals surface area contributed by atoms with Gasteiger partial charge in [-0.1, -0.05) is 28.1 Å². The van der Waals surface area contributed by atoms with Crippen LogP contribution in [0.15, 0.2) is 40.9 Å². The first-order chi connectivity index (χ1) is 8.56. The first-order valence-electron chi connectivity index (χ1n) is 5.49. The fourth-order valence-electron chi connectivity index (χ4n) is 1.52. The van der Waals surface area contributed by atoms with Crippen molar-refractivity contribution in [2.24, 2.45) is 0 Å². The Morgan fingerprint density at radius 2 is 1.89 bits per heavy atom. The number of nitrogens with two attached hydrogens (primary N) is 1. The van der Waals surface area contributed by atoms with Gasteiger partial charge >= 0.3 is 0 Å². The highest BCUT2D eigenvalue weighted by Crippen LogP contribution is 2.24. The van der Waals surface area contributed by atoms with Crippen LogP contribution in [0.2, 0.25) is 0 Å². The van der Waals surface area contributed by atoms with Crippen molar-refractivity contribution in [3.63, 3.8) is 0 Å². The van der Waals surface area contributed by atoms with E-state index in [1.807, 2.05) is 31.2 Å². The minimum atomic E-state index is -0.435. The van der Waals surface area contributed by atoms with E-state index in [2.05, 4.69) is 15.9 Å². The van der Waals surface area contributed by atoms with E-state index < -0.39 is 5.82 Å². The molecule has 94 valence electrons. The maximum absolute atomic E-state index is 13.6. The number of benzene rings is 2. The van der Waals surface area contributed by atoms with Crippen LogP contribution >= 0.6 is 15.9 Å². The Balaban J connectivity index is 2.10. The highest BCUT2D eigenvalue weighted by molar-refractivity contribution is 9.10. The molecule has 2 aromatic rings. The lowest BCUT2D eigenvalue weighted by Gasteiger charge is -2.09. The standard InChI is InChI=1S/C14H13BrFNO/c1-9-6-14(12(16)7-13(9)17)18-8-10-2-4-11(15)5-3-10/h2-7H,8,17H2,1H3. The van der Waals surface area contributed by atoms with Gasteiger partial charge in [0.2, 0.25) is 0 Å². The Hall–Kier alpha value is -1.55. The van der Waals surface area contributed by atoms with Crippen molar-refractivity contribution in [2.45, 2.75) is 13.5 Å². The van der Waals surface area contributed by atoms with Gasteiger partial charge in [-0.25, -0.2) is 4.39 Å². The van der Waals surface area contributed by atoms with E-state index >= 15 is 0 Å². The van der Waals surface area contributed by atoms with Gasteiger partial charge in [-0.15, -0.1) is 0 Å². The highest BCUT2D eigenvalue weighted by atomic mass is 79.9. The molecule has 0 aromatic heterocycles. The second-order valence-corrected chi connectivity index (χ2v) is 4.97. The lowest BCUT2D eigenvalue weighted by Crippen LogP contribution is -1.99. The Morgan fingerprint density at radius 1 is 1.22 bits per heavy atom. The van der Waals surface area contributed by atoms with E-state index in [1.54, 1.807) is 6.07 Å². The normalized spacial score (nSPS) is 10.4. The topological polar surface area (TPSA) is 35.2 Å². The average molecular weight is 310 g/mol. The number of rotatable bonds is 3. The smallest absolute Gasteiger partial charge is 0.167 e. The molecule has 0 unspecified atom stereocenters. The molecule has 0 bridgehead atoms. The summed E-state index contributed by atoms with van der Waals surface area (Å²) >= 11 is 3.36. The van der Waals surface area contributed by atoms with Crippen LogP contribution in [0.25, 0.3) is 0 Å². The van der Waals surface area contributed by atoms with Crippen molar-refractivity contribution in [1.82, 2.24) is 0 Å². The molecule has 4 heteroatoms. The number of hydrogen-bond acceptors (Lipinski definition) is 2. The maximum Gasteiger partial charge on any atom is 0.167 e. The fourth-order valence-corrected chi connectivity index (χ4v) is 1.79. The molecule has 0 heterocycles. The highest BCUT2D eigenvalue weighted by Gasteiger charge is 2.06. The van der Waals surface area contributed by atoms with E-state index in [4.69, 9.17) is 10.5 Å². The second-order valence-electron chi connectivity index (χ2n) is 4.05. The first kappa shape index (κ1) is 12.9. The molecule has 0 aliphatic carbocycles. The molecule has 0 amide bonds. The van der Waals surface area contributed by atoms with Crippen molar-refractivity contribution in [3.8, 4) is 5.75 Å². The van der Waals surface area contributed by atoms with Crippen molar-refractivity contribution < 1.29 is 9.13 Å². The predicted molar refractivity (Wildman–Crippen MR) is 74.0 cm³/mol. The Kier molecular flexibility index (Phi) is 3.87. The molecule has 0 saturated carbocycles. The van der Waals surface area contributed by atoms with Gasteiger partial charge in [-0.2, -0.15) is 0 Å². The molecule has 0 aliphatic rings. The molecule has 0 radical (unpaired) electrons. The average Bonchev–Trinajstić information content (AvgIpc) is 2.34. The summed E-state index contributed by atoms with van der Waals surface area (Å²) in [5.74, 6) is -0.208. The molecular weight excluding hydrogens is 297 g/mol. The van der Waals surface area contributed by atoms with Crippen LogP contribution in [-0.2, 0) is 6.61 Å². The fraction of sp³-hybridized carbons (Fsp3) is 0.143. The third kappa shape index (κ3) is 3.01. The summed E-state index contributed by atoms with van der Waals surface area (Å²) in [7, 11) is 0. The summed E-state index contributed by atoms with van der Waals surface area (Å²) in [6.45, 7) is 2.15. The quantitative estimate of drug-likeness (QED) is 0.868. The monoisotopic (exact) mass is 309 g/mol. The molecule has 0 fully saturated rings. The minimum absolute atomic E-state index is 0.226. The van der Waals surface area contributed by atoms with Gasteiger partial charge in [-0.05, 0) is 36.2 Å². The van der Waals surface area contributed by atoms with E-state index in [9.17, 15) is 4.39 Å². The van der Waals surface area contributed by atoms with Gasteiger partial charge in [0.15, 0.2) is 11.6 Å². The molecule has 2 rings (SSSR count). The van der Waals surface area contributed by atoms with Crippen LogP contribution in [0.3, 0.4) is 0 Å². The van der Waals surface area contributed by atoms with Gasteiger partial charge in [-0.3, -0.25) is 0 Å². The molecule has 0 atom stereocenters. The number of halogens is 2. The van der Waals surface area contributed by atoms with Gasteiger partial charge in [0.1, 0.15) is 6.61 Å². The third-order valence-corrected chi connectivity index (χ3v) is 3.16.